The lowest BCUT2D eigenvalue weighted by Gasteiger charge is -2.32. The predicted octanol–water partition coefficient (Wildman–Crippen LogP) is -2.37. The normalized spacial score (nSPS) is 18.9. The Balaban J connectivity index is 2.10. The Morgan fingerprint density at radius 3 is 2.84 bits per heavy atom. The largest absolute Gasteiger partial charge is 0.480 e. The van der Waals surface area contributed by atoms with E-state index < -0.39 is 23.9 Å². The Labute approximate surface area is 106 Å². The van der Waals surface area contributed by atoms with E-state index in [1.807, 2.05) is 0 Å². The molecule has 11 nitrogen and oxygen atoms in total. The number of aliphatic carboxylic acids is 1. The van der Waals surface area contributed by atoms with Crippen LogP contribution >= 0.6 is 0 Å². The Hall–Kier alpha value is -2.72. The Morgan fingerprint density at radius 2 is 2.26 bits per heavy atom. The molecule has 11 heteroatoms. The molecule has 0 bridgehead atoms. The summed E-state index contributed by atoms with van der Waals surface area (Å²) in [5.41, 5.74) is 0. The summed E-state index contributed by atoms with van der Waals surface area (Å²) in [5, 5.41) is 24.4. The molecule has 1 saturated heterocycles. The topological polar surface area (TPSA) is 142 Å². The second kappa shape index (κ2) is 4.88. The van der Waals surface area contributed by atoms with Crippen LogP contribution in [0.15, 0.2) is 0 Å². The molecule has 102 valence electrons. The number of urea groups is 1. The first-order valence-corrected chi connectivity index (χ1v) is 5.28. The highest BCUT2D eigenvalue weighted by atomic mass is 16.4. The van der Waals surface area contributed by atoms with E-state index in [9.17, 15) is 14.4 Å². The number of carbonyl (C=O) groups is 3. The van der Waals surface area contributed by atoms with Gasteiger partial charge in [0, 0.05) is 6.54 Å². The van der Waals surface area contributed by atoms with E-state index in [-0.39, 0.29) is 19.0 Å². The number of hydrogen-bond donors (Lipinski definition) is 3. The van der Waals surface area contributed by atoms with Crippen molar-refractivity contribution in [3.8, 4) is 0 Å². The van der Waals surface area contributed by atoms with Crippen molar-refractivity contribution in [1.82, 2.24) is 30.4 Å². The minimum Gasteiger partial charge on any atom is -0.480 e. The molecule has 19 heavy (non-hydrogen) atoms. The van der Waals surface area contributed by atoms with Crippen LogP contribution in [0.25, 0.3) is 0 Å². The summed E-state index contributed by atoms with van der Waals surface area (Å²) in [6.45, 7) is -0.488. The van der Waals surface area contributed by atoms with E-state index in [2.05, 4.69) is 26.0 Å². The smallest absolute Gasteiger partial charge is 0.328 e. The number of nitrogens with one attached hydrogen (secondary N) is 2. The molecule has 0 radical (unpaired) electrons. The molecule has 2 rings (SSSR count). The van der Waals surface area contributed by atoms with Gasteiger partial charge in [-0.3, -0.25) is 15.0 Å². The first kappa shape index (κ1) is 12.7. The number of carbonyl (C=O) groups excluding carboxylic acids is 2. The summed E-state index contributed by atoms with van der Waals surface area (Å²) < 4.78 is 0. The van der Waals surface area contributed by atoms with Crippen molar-refractivity contribution in [2.45, 2.75) is 6.04 Å². The van der Waals surface area contributed by atoms with Crippen molar-refractivity contribution in [2.75, 3.05) is 18.4 Å². The monoisotopic (exact) mass is 269 g/mol. The molecule has 0 aliphatic carbocycles. The number of aryl methyl sites for hydroxylation is 1. The number of rotatable bonds is 2. The molecule has 1 atom stereocenters. The number of anilines is 1. The third kappa shape index (κ3) is 2.75. The van der Waals surface area contributed by atoms with E-state index in [1.54, 1.807) is 0 Å². The fraction of sp³-hybridized carbons (Fsp3) is 0.500. The Bertz CT molecular complexity index is 527. The summed E-state index contributed by atoms with van der Waals surface area (Å²) >= 11 is 0. The maximum Gasteiger partial charge on any atom is 0.328 e. The third-order valence-corrected chi connectivity index (χ3v) is 2.46. The molecular weight excluding hydrogens is 258 g/mol. The van der Waals surface area contributed by atoms with E-state index in [0.717, 1.165) is 9.70 Å². The van der Waals surface area contributed by atoms with Crippen molar-refractivity contribution in [1.29, 1.82) is 0 Å². The van der Waals surface area contributed by atoms with Gasteiger partial charge in [-0.2, -0.15) is 4.80 Å². The van der Waals surface area contributed by atoms with Gasteiger partial charge in [-0.1, -0.05) is 5.10 Å². The number of amides is 3. The molecule has 1 unspecified atom stereocenters. The number of tetrazole rings is 1. The molecule has 0 saturated carbocycles. The van der Waals surface area contributed by atoms with Gasteiger partial charge in [-0.25, -0.2) is 9.59 Å². The van der Waals surface area contributed by atoms with E-state index >= 15 is 0 Å². The van der Waals surface area contributed by atoms with Crippen LogP contribution in [0.5, 0.6) is 0 Å². The molecule has 1 aliphatic heterocycles. The quantitative estimate of drug-likeness (QED) is 0.544. The SMILES string of the molecule is Cn1nnc(NC(=O)N2CC(=O)NCC2C(=O)O)n1. The molecule has 1 fully saturated rings. The van der Waals surface area contributed by atoms with Crippen LogP contribution in [0, 0.1) is 0 Å². The molecule has 1 aromatic rings. The highest BCUT2D eigenvalue weighted by Gasteiger charge is 2.35. The molecule has 0 spiro atoms. The van der Waals surface area contributed by atoms with Gasteiger partial charge in [-0.05, 0) is 5.21 Å². The Morgan fingerprint density at radius 1 is 1.53 bits per heavy atom. The maximum absolute atomic E-state index is 11.9. The highest BCUT2D eigenvalue weighted by Crippen LogP contribution is 2.07. The lowest BCUT2D eigenvalue weighted by Crippen LogP contribution is -2.60. The molecular formula is C8H11N7O4. The second-order valence-corrected chi connectivity index (χ2v) is 3.82. The Kier molecular flexibility index (Phi) is 3.27. The van der Waals surface area contributed by atoms with Crippen molar-refractivity contribution >= 4 is 23.9 Å². The first-order chi connectivity index (χ1) is 8.97. The maximum atomic E-state index is 11.9. The zero-order chi connectivity index (χ0) is 14.0. The van der Waals surface area contributed by atoms with Crippen LogP contribution < -0.4 is 10.6 Å². The molecule has 2 heterocycles. The second-order valence-electron chi connectivity index (χ2n) is 3.82. The minimum absolute atomic E-state index is 0.0670. The van der Waals surface area contributed by atoms with Gasteiger partial charge in [0.15, 0.2) is 0 Å². The molecule has 1 aliphatic rings. The van der Waals surface area contributed by atoms with Gasteiger partial charge in [-0.15, -0.1) is 5.10 Å². The van der Waals surface area contributed by atoms with E-state index in [1.165, 1.54) is 7.05 Å². The van der Waals surface area contributed by atoms with Crippen molar-refractivity contribution in [3.05, 3.63) is 0 Å². The minimum atomic E-state index is -1.21. The van der Waals surface area contributed by atoms with Gasteiger partial charge < -0.3 is 10.4 Å². The lowest BCUT2D eigenvalue weighted by atomic mass is 10.2. The molecule has 1 aromatic heterocycles. The van der Waals surface area contributed by atoms with Gasteiger partial charge in [0.1, 0.15) is 12.6 Å². The van der Waals surface area contributed by atoms with Gasteiger partial charge in [0.05, 0.1) is 7.05 Å². The van der Waals surface area contributed by atoms with Crippen LogP contribution in [0.4, 0.5) is 10.7 Å². The molecule has 0 aromatic carbocycles. The van der Waals surface area contributed by atoms with Gasteiger partial charge in [0.2, 0.25) is 5.91 Å². The van der Waals surface area contributed by atoms with E-state index in [4.69, 9.17) is 5.11 Å². The molecule has 3 amide bonds. The van der Waals surface area contributed by atoms with Crippen LogP contribution in [-0.2, 0) is 16.6 Å². The summed E-state index contributed by atoms with van der Waals surface area (Å²) in [5.74, 6) is -1.70. The number of carboxylic acids is 1. The number of nitrogens with zero attached hydrogens (tertiary/aromatic N) is 5. The van der Waals surface area contributed by atoms with Crippen LogP contribution in [0.2, 0.25) is 0 Å². The summed E-state index contributed by atoms with van der Waals surface area (Å²) in [4.78, 5) is 36.2. The average Bonchev–Trinajstić information content (AvgIpc) is 2.74. The fourth-order valence-corrected chi connectivity index (χ4v) is 1.58. The van der Waals surface area contributed by atoms with Crippen molar-refractivity contribution < 1.29 is 19.5 Å². The zero-order valence-corrected chi connectivity index (χ0v) is 9.90. The summed E-state index contributed by atoms with van der Waals surface area (Å²) in [7, 11) is 1.51. The number of piperazine rings is 1. The van der Waals surface area contributed by atoms with Crippen LogP contribution in [0.1, 0.15) is 0 Å². The van der Waals surface area contributed by atoms with E-state index in [0.29, 0.717) is 0 Å². The van der Waals surface area contributed by atoms with Crippen molar-refractivity contribution in [2.24, 2.45) is 7.05 Å². The predicted molar refractivity (Wildman–Crippen MR) is 59.0 cm³/mol. The van der Waals surface area contributed by atoms with Crippen LogP contribution in [0.3, 0.4) is 0 Å². The standard InChI is InChI=1S/C8H11N7O4/c1-14-12-7(11-13-14)10-8(19)15-3-5(16)9-2-4(15)6(17)18/h4H,2-3H2,1H3,(H,9,16)(H,17,18)(H,10,12,19). The summed E-state index contributed by atoms with van der Waals surface area (Å²) in [6, 6.07) is -1.90. The third-order valence-electron chi connectivity index (χ3n) is 2.46. The first-order valence-electron chi connectivity index (χ1n) is 5.28. The highest BCUT2D eigenvalue weighted by molar-refractivity contribution is 5.95. The lowest BCUT2D eigenvalue weighted by molar-refractivity contribution is -0.144. The average molecular weight is 269 g/mol. The fourth-order valence-electron chi connectivity index (χ4n) is 1.58. The number of hydrogen-bond acceptors (Lipinski definition) is 6. The van der Waals surface area contributed by atoms with Crippen LogP contribution in [-0.4, -0.2) is 67.3 Å². The zero-order valence-electron chi connectivity index (χ0n) is 9.90. The van der Waals surface area contributed by atoms with Gasteiger partial charge in [0.25, 0.3) is 5.95 Å². The van der Waals surface area contributed by atoms with Crippen molar-refractivity contribution in [3.63, 3.8) is 0 Å². The molecule has 3 N–H and O–H groups in total. The van der Waals surface area contributed by atoms with Gasteiger partial charge >= 0.3 is 12.0 Å². The summed E-state index contributed by atoms with van der Waals surface area (Å²) in [6.07, 6.45) is 0. The number of aromatic nitrogens is 4. The number of carboxylic acid groups (broad SMARTS) is 1.